The lowest BCUT2D eigenvalue weighted by Gasteiger charge is -2.27. The van der Waals surface area contributed by atoms with Crippen molar-refractivity contribution in [3.8, 4) is 5.75 Å². The summed E-state index contributed by atoms with van der Waals surface area (Å²) in [6, 6.07) is 22.4. The van der Waals surface area contributed by atoms with E-state index in [2.05, 4.69) is 31.2 Å². The lowest BCUT2D eigenvalue weighted by molar-refractivity contribution is -0.143. The summed E-state index contributed by atoms with van der Waals surface area (Å²) < 4.78 is 10.5. The predicted molar refractivity (Wildman–Crippen MR) is 123 cm³/mol. The minimum atomic E-state index is -1.91. The van der Waals surface area contributed by atoms with Gasteiger partial charge in [-0.2, -0.15) is 5.10 Å². The van der Waals surface area contributed by atoms with E-state index in [0.717, 1.165) is 0 Å². The van der Waals surface area contributed by atoms with E-state index in [1.807, 2.05) is 0 Å². The Morgan fingerprint density at radius 2 is 1.62 bits per heavy atom. The SMILES string of the molecule is COC(=O)COc1ccc(/C=N/NC(=O)C(O)(c2ccccc2)c2ccccc2)cc1Br. The van der Waals surface area contributed by atoms with Crippen LogP contribution in [0.4, 0.5) is 0 Å². The van der Waals surface area contributed by atoms with Crippen LogP contribution >= 0.6 is 15.9 Å². The van der Waals surface area contributed by atoms with Crippen LogP contribution in [0, 0.1) is 0 Å². The summed E-state index contributed by atoms with van der Waals surface area (Å²) in [5.74, 6) is -0.725. The van der Waals surface area contributed by atoms with E-state index >= 15 is 0 Å². The zero-order chi connectivity index (χ0) is 23.0. The van der Waals surface area contributed by atoms with Crippen LogP contribution in [0.25, 0.3) is 0 Å². The number of nitrogens with zero attached hydrogens (tertiary/aromatic N) is 1. The minimum Gasteiger partial charge on any atom is -0.481 e. The third-order valence-corrected chi connectivity index (χ3v) is 5.24. The molecule has 0 saturated carbocycles. The first-order valence-electron chi connectivity index (χ1n) is 9.61. The third kappa shape index (κ3) is 5.40. The lowest BCUT2D eigenvalue weighted by Crippen LogP contribution is -2.43. The highest BCUT2D eigenvalue weighted by Gasteiger charge is 2.39. The van der Waals surface area contributed by atoms with Crippen molar-refractivity contribution < 1.29 is 24.2 Å². The van der Waals surface area contributed by atoms with E-state index in [1.165, 1.54) is 13.3 Å². The molecule has 8 heteroatoms. The highest BCUT2D eigenvalue weighted by Crippen LogP contribution is 2.30. The molecule has 0 saturated heterocycles. The smallest absolute Gasteiger partial charge is 0.343 e. The number of rotatable bonds is 8. The number of esters is 1. The Kier molecular flexibility index (Phi) is 7.75. The van der Waals surface area contributed by atoms with E-state index < -0.39 is 17.5 Å². The molecule has 1 amide bonds. The van der Waals surface area contributed by atoms with Gasteiger partial charge in [0.25, 0.3) is 5.91 Å². The molecular weight excluding hydrogens is 476 g/mol. The Hall–Kier alpha value is -3.49. The number of nitrogens with one attached hydrogen (secondary N) is 1. The average Bonchev–Trinajstić information content (AvgIpc) is 2.83. The molecule has 0 aliphatic carbocycles. The molecule has 0 radical (unpaired) electrons. The molecule has 3 rings (SSSR count). The Morgan fingerprint density at radius 3 is 2.16 bits per heavy atom. The van der Waals surface area contributed by atoms with Crippen molar-refractivity contribution in [2.45, 2.75) is 5.60 Å². The zero-order valence-electron chi connectivity index (χ0n) is 17.2. The molecule has 0 fully saturated rings. The summed E-state index contributed by atoms with van der Waals surface area (Å²) in [5, 5.41) is 15.4. The second-order valence-corrected chi connectivity index (χ2v) is 7.55. The molecule has 0 heterocycles. The Balaban J connectivity index is 1.75. The Labute approximate surface area is 193 Å². The van der Waals surface area contributed by atoms with Crippen molar-refractivity contribution >= 4 is 34.0 Å². The van der Waals surface area contributed by atoms with Crippen LogP contribution in [0.1, 0.15) is 16.7 Å². The van der Waals surface area contributed by atoms with Gasteiger partial charge in [-0.15, -0.1) is 0 Å². The van der Waals surface area contributed by atoms with Crippen LogP contribution in [0.5, 0.6) is 5.75 Å². The predicted octanol–water partition coefficient (Wildman–Crippen LogP) is 3.39. The van der Waals surface area contributed by atoms with Crippen LogP contribution in [0.2, 0.25) is 0 Å². The average molecular weight is 497 g/mol. The third-order valence-electron chi connectivity index (χ3n) is 4.62. The molecule has 0 unspecified atom stereocenters. The molecule has 2 N–H and O–H groups in total. The molecule has 7 nitrogen and oxygen atoms in total. The Bertz CT molecular complexity index is 1060. The van der Waals surface area contributed by atoms with E-state index in [4.69, 9.17) is 4.74 Å². The first-order valence-corrected chi connectivity index (χ1v) is 10.4. The molecule has 0 bridgehead atoms. The van der Waals surface area contributed by atoms with Crippen molar-refractivity contribution in [2.75, 3.05) is 13.7 Å². The summed E-state index contributed by atoms with van der Waals surface area (Å²) in [6.07, 6.45) is 1.43. The summed E-state index contributed by atoms with van der Waals surface area (Å²) in [4.78, 5) is 24.2. The molecule has 0 aliphatic rings. The topological polar surface area (TPSA) is 97.2 Å². The van der Waals surface area contributed by atoms with Gasteiger partial charge in [0.2, 0.25) is 0 Å². The van der Waals surface area contributed by atoms with Gasteiger partial charge in [0, 0.05) is 0 Å². The lowest BCUT2D eigenvalue weighted by atomic mass is 9.85. The molecule has 3 aromatic rings. The van der Waals surface area contributed by atoms with Gasteiger partial charge in [0.05, 0.1) is 17.8 Å². The second-order valence-electron chi connectivity index (χ2n) is 6.70. The van der Waals surface area contributed by atoms with Gasteiger partial charge in [-0.25, -0.2) is 10.2 Å². The van der Waals surface area contributed by atoms with Crippen molar-refractivity contribution in [1.82, 2.24) is 5.43 Å². The van der Waals surface area contributed by atoms with Crippen LogP contribution < -0.4 is 10.2 Å². The van der Waals surface area contributed by atoms with E-state index in [9.17, 15) is 14.7 Å². The second kappa shape index (κ2) is 10.7. The number of carbonyl (C=O) groups is 2. The first kappa shape index (κ1) is 23.2. The van der Waals surface area contributed by atoms with Gasteiger partial charge in [0.1, 0.15) is 5.75 Å². The molecule has 3 aromatic carbocycles. The maximum atomic E-state index is 13.0. The fourth-order valence-electron chi connectivity index (χ4n) is 2.94. The number of ether oxygens (including phenoxy) is 2. The van der Waals surface area contributed by atoms with Crippen molar-refractivity contribution in [3.63, 3.8) is 0 Å². The van der Waals surface area contributed by atoms with E-state index in [1.54, 1.807) is 78.9 Å². The maximum Gasteiger partial charge on any atom is 0.343 e. The molecule has 0 atom stereocenters. The van der Waals surface area contributed by atoms with Crippen molar-refractivity contribution in [3.05, 3.63) is 100 Å². The van der Waals surface area contributed by atoms with Crippen LogP contribution in [0.15, 0.2) is 88.4 Å². The number of halogens is 1. The Morgan fingerprint density at radius 1 is 1.03 bits per heavy atom. The van der Waals surface area contributed by atoms with E-state index in [-0.39, 0.29) is 6.61 Å². The summed E-state index contributed by atoms with van der Waals surface area (Å²) >= 11 is 3.37. The molecule has 164 valence electrons. The maximum absolute atomic E-state index is 13.0. The summed E-state index contributed by atoms with van der Waals surface area (Å²) in [6.45, 7) is -0.212. The van der Waals surface area contributed by atoms with Crippen LogP contribution in [0.3, 0.4) is 0 Å². The van der Waals surface area contributed by atoms with Gasteiger partial charge >= 0.3 is 5.97 Å². The molecule has 0 spiro atoms. The number of hydrogen-bond donors (Lipinski definition) is 2. The normalized spacial score (nSPS) is 11.2. The molecule has 0 aliphatic heterocycles. The zero-order valence-corrected chi connectivity index (χ0v) is 18.8. The highest BCUT2D eigenvalue weighted by molar-refractivity contribution is 9.10. The first-order chi connectivity index (χ1) is 15.4. The molecule has 32 heavy (non-hydrogen) atoms. The number of benzene rings is 3. The number of amides is 1. The largest absolute Gasteiger partial charge is 0.481 e. The monoisotopic (exact) mass is 496 g/mol. The van der Waals surface area contributed by atoms with E-state index in [0.29, 0.717) is 26.9 Å². The van der Waals surface area contributed by atoms with Gasteiger partial charge in [-0.3, -0.25) is 4.79 Å². The highest BCUT2D eigenvalue weighted by atomic mass is 79.9. The number of aliphatic hydroxyl groups is 1. The number of hydrogen-bond acceptors (Lipinski definition) is 6. The summed E-state index contributed by atoms with van der Waals surface area (Å²) in [5.41, 5.74) is 2.02. The van der Waals surface area contributed by atoms with Gasteiger partial charge in [-0.1, -0.05) is 60.7 Å². The van der Waals surface area contributed by atoms with Gasteiger partial charge in [-0.05, 0) is 50.8 Å². The quantitative estimate of drug-likeness (QED) is 0.283. The number of carbonyl (C=O) groups excluding carboxylic acids is 2. The summed E-state index contributed by atoms with van der Waals surface area (Å²) in [7, 11) is 1.28. The molecule has 0 aromatic heterocycles. The number of methoxy groups -OCH3 is 1. The number of hydrazone groups is 1. The standard InChI is InChI=1S/C24H21BrN2O5/c1-31-22(28)16-32-21-13-12-17(14-20(21)25)15-26-27-23(29)24(30,18-8-4-2-5-9-18)19-10-6-3-7-11-19/h2-15,30H,16H2,1H3,(H,27,29)/b26-15+. The fourth-order valence-corrected chi connectivity index (χ4v) is 3.45. The van der Waals surface area contributed by atoms with Crippen molar-refractivity contribution in [2.24, 2.45) is 5.10 Å². The van der Waals surface area contributed by atoms with Gasteiger partial charge in [0.15, 0.2) is 12.2 Å². The fraction of sp³-hybridized carbons (Fsp3) is 0.125. The van der Waals surface area contributed by atoms with Crippen LogP contribution in [-0.2, 0) is 19.9 Å². The van der Waals surface area contributed by atoms with Crippen LogP contribution in [-0.4, -0.2) is 36.9 Å². The van der Waals surface area contributed by atoms with Crippen molar-refractivity contribution in [1.29, 1.82) is 0 Å². The molecular formula is C24H21BrN2O5. The van der Waals surface area contributed by atoms with Gasteiger partial charge < -0.3 is 14.6 Å². The minimum absolute atomic E-state index is 0.212.